The Morgan fingerprint density at radius 3 is 2.47 bits per heavy atom. The standard InChI is InChI=1S/C14H21NO2/c1-11(15-9-14(10-16)6-7-14)8-12-2-4-13(17)5-3-12/h2-5,11,15-17H,6-10H2,1H3. The van der Waals surface area contributed by atoms with Crippen molar-refractivity contribution in [2.75, 3.05) is 13.2 Å². The van der Waals surface area contributed by atoms with Gasteiger partial charge in [0.1, 0.15) is 5.75 Å². The molecule has 0 aliphatic heterocycles. The van der Waals surface area contributed by atoms with Crippen LogP contribution in [0.2, 0.25) is 0 Å². The van der Waals surface area contributed by atoms with E-state index in [9.17, 15) is 10.2 Å². The van der Waals surface area contributed by atoms with Gasteiger partial charge in [-0.15, -0.1) is 0 Å². The number of benzene rings is 1. The van der Waals surface area contributed by atoms with Gasteiger partial charge in [-0.3, -0.25) is 0 Å². The first-order valence-corrected chi connectivity index (χ1v) is 6.26. The fourth-order valence-electron chi connectivity index (χ4n) is 2.02. The second kappa shape index (κ2) is 5.07. The van der Waals surface area contributed by atoms with Crippen LogP contribution in [0.3, 0.4) is 0 Å². The molecular weight excluding hydrogens is 214 g/mol. The predicted octanol–water partition coefficient (Wildman–Crippen LogP) is 1.69. The molecule has 0 radical (unpaired) electrons. The van der Waals surface area contributed by atoms with Gasteiger partial charge in [0, 0.05) is 24.6 Å². The van der Waals surface area contributed by atoms with Crippen LogP contribution in [0.25, 0.3) is 0 Å². The summed E-state index contributed by atoms with van der Waals surface area (Å²) in [5.74, 6) is 0.312. The predicted molar refractivity (Wildman–Crippen MR) is 68.0 cm³/mol. The van der Waals surface area contributed by atoms with Crippen molar-refractivity contribution in [3.63, 3.8) is 0 Å². The second-order valence-corrected chi connectivity index (χ2v) is 5.31. The lowest BCUT2D eigenvalue weighted by Crippen LogP contribution is -2.34. The first kappa shape index (κ1) is 12.4. The minimum Gasteiger partial charge on any atom is -0.508 e. The van der Waals surface area contributed by atoms with Crippen LogP contribution in [0.4, 0.5) is 0 Å². The molecule has 17 heavy (non-hydrogen) atoms. The maximum absolute atomic E-state index is 9.22. The van der Waals surface area contributed by atoms with Gasteiger partial charge in [0.2, 0.25) is 0 Å². The van der Waals surface area contributed by atoms with Crippen LogP contribution >= 0.6 is 0 Å². The largest absolute Gasteiger partial charge is 0.508 e. The third kappa shape index (κ3) is 3.45. The summed E-state index contributed by atoms with van der Waals surface area (Å²) >= 11 is 0. The molecule has 1 aliphatic rings. The van der Waals surface area contributed by atoms with E-state index in [1.54, 1.807) is 12.1 Å². The van der Waals surface area contributed by atoms with Crippen LogP contribution in [0.15, 0.2) is 24.3 Å². The molecule has 1 saturated carbocycles. The van der Waals surface area contributed by atoms with E-state index >= 15 is 0 Å². The van der Waals surface area contributed by atoms with Crippen molar-refractivity contribution in [3.8, 4) is 5.75 Å². The van der Waals surface area contributed by atoms with Gasteiger partial charge < -0.3 is 15.5 Å². The van der Waals surface area contributed by atoms with Crippen LogP contribution in [0, 0.1) is 5.41 Å². The van der Waals surface area contributed by atoms with Crippen LogP contribution in [-0.2, 0) is 6.42 Å². The number of aliphatic hydroxyl groups is 1. The van der Waals surface area contributed by atoms with Crippen LogP contribution in [0.5, 0.6) is 5.75 Å². The molecule has 1 aliphatic carbocycles. The number of aromatic hydroxyl groups is 1. The van der Waals surface area contributed by atoms with Crippen LogP contribution in [-0.4, -0.2) is 29.4 Å². The van der Waals surface area contributed by atoms with E-state index in [1.807, 2.05) is 12.1 Å². The van der Waals surface area contributed by atoms with Crippen LogP contribution < -0.4 is 5.32 Å². The van der Waals surface area contributed by atoms with E-state index in [2.05, 4.69) is 12.2 Å². The Kier molecular flexibility index (Phi) is 3.69. The van der Waals surface area contributed by atoms with Crippen molar-refractivity contribution >= 4 is 0 Å². The molecule has 0 spiro atoms. The van der Waals surface area contributed by atoms with Crippen molar-refractivity contribution < 1.29 is 10.2 Å². The molecule has 3 N–H and O–H groups in total. The maximum Gasteiger partial charge on any atom is 0.115 e. The maximum atomic E-state index is 9.22. The zero-order valence-electron chi connectivity index (χ0n) is 10.3. The minimum atomic E-state index is 0.170. The summed E-state index contributed by atoms with van der Waals surface area (Å²) in [6.45, 7) is 3.36. The Hall–Kier alpha value is -1.06. The van der Waals surface area contributed by atoms with E-state index in [4.69, 9.17) is 0 Å². The summed E-state index contributed by atoms with van der Waals surface area (Å²) in [4.78, 5) is 0. The first-order valence-electron chi connectivity index (χ1n) is 6.26. The highest BCUT2D eigenvalue weighted by Crippen LogP contribution is 2.44. The molecule has 1 aromatic rings. The van der Waals surface area contributed by atoms with Crippen molar-refractivity contribution in [2.45, 2.75) is 32.2 Å². The van der Waals surface area contributed by atoms with Gasteiger partial charge in [-0.05, 0) is 43.9 Å². The summed E-state index contributed by atoms with van der Waals surface area (Å²) in [6, 6.07) is 7.73. The molecule has 3 heteroatoms. The Labute approximate surface area is 102 Å². The average Bonchev–Trinajstić information content (AvgIpc) is 3.10. The van der Waals surface area contributed by atoms with E-state index < -0.39 is 0 Å². The molecule has 0 heterocycles. The highest BCUT2D eigenvalue weighted by atomic mass is 16.3. The van der Waals surface area contributed by atoms with Crippen molar-refractivity contribution in [2.24, 2.45) is 5.41 Å². The first-order chi connectivity index (χ1) is 8.13. The quantitative estimate of drug-likeness (QED) is 0.703. The lowest BCUT2D eigenvalue weighted by molar-refractivity contribution is 0.204. The van der Waals surface area contributed by atoms with E-state index in [0.717, 1.165) is 25.8 Å². The minimum absolute atomic E-state index is 0.170. The molecule has 0 saturated heterocycles. The SMILES string of the molecule is CC(Cc1ccc(O)cc1)NCC1(CO)CC1. The second-order valence-electron chi connectivity index (χ2n) is 5.31. The fourth-order valence-corrected chi connectivity index (χ4v) is 2.02. The van der Waals surface area contributed by atoms with Gasteiger partial charge in [-0.1, -0.05) is 12.1 Å². The molecule has 1 aromatic carbocycles. The lowest BCUT2D eigenvalue weighted by atomic mass is 10.0. The zero-order chi connectivity index (χ0) is 12.3. The summed E-state index contributed by atoms with van der Waals surface area (Å²) in [6.07, 6.45) is 3.23. The third-order valence-corrected chi connectivity index (χ3v) is 3.60. The molecule has 1 unspecified atom stereocenters. The topological polar surface area (TPSA) is 52.5 Å². The molecule has 94 valence electrons. The van der Waals surface area contributed by atoms with Gasteiger partial charge in [-0.25, -0.2) is 0 Å². The number of hydrogen-bond acceptors (Lipinski definition) is 3. The highest BCUT2D eigenvalue weighted by Gasteiger charge is 2.41. The Morgan fingerprint density at radius 2 is 1.94 bits per heavy atom. The molecule has 1 fully saturated rings. The van der Waals surface area contributed by atoms with E-state index in [-0.39, 0.29) is 5.41 Å². The number of phenols is 1. The number of rotatable bonds is 6. The molecule has 3 nitrogen and oxygen atoms in total. The summed E-state index contributed by atoms with van der Waals surface area (Å²) in [5.41, 5.74) is 1.39. The van der Waals surface area contributed by atoms with Gasteiger partial charge in [0.05, 0.1) is 0 Å². The number of nitrogens with one attached hydrogen (secondary N) is 1. The Morgan fingerprint density at radius 1 is 1.29 bits per heavy atom. The molecule has 0 bridgehead atoms. The van der Waals surface area contributed by atoms with Gasteiger partial charge in [0.15, 0.2) is 0 Å². The normalized spacial score (nSPS) is 18.9. The Balaban J connectivity index is 1.77. The smallest absolute Gasteiger partial charge is 0.115 e. The monoisotopic (exact) mass is 235 g/mol. The highest BCUT2D eigenvalue weighted by molar-refractivity contribution is 5.26. The van der Waals surface area contributed by atoms with Crippen molar-refractivity contribution in [1.82, 2.24) is 5.32 Å². The number of aliphatic hydroxyl groups excluding tert-OH is 1. The van der Waals surface area contributed by atoms with Gasteiger partial charge in [-0.2, -0.15) is 0 Å². The molecule has 2 rings (SSSR count). The van der Waals surface area contributed by atoms with Gasteiger partial charge >= 0.3 is 0 Å². The third-order valence-electron chi connectivity index (χ3n) is 3.60. The molecular formula is C14H21NO2. The summed E-state index contributed by atoms with van der Waals surface area (Å²) in [7, 11) is 0. The number of phenolic OH excluding ortho intramolecular Hbond substituents is 1. The summed E-state index contributed by atoms with van der Waals surface area (Å²) in [5, 5.41) is 21.9. The fraction of sp³-hybridized carbons (Fsp3) is 0.571. The lowest BCUT2D eigenvalue weighted by Gasteiger charge is -2.18. The zero-order valence-corrected chi connectivity index (χ0v) is 10.3. The molecule has 0 amide bonds. The van der Waals surface area contributed by atoms with Crippen molar-refractivity contribution in [3.05, 3.63) is 29.8 Å². The Bertz CT molecular complexity index is 357. The van der Waals surface area contributed by atoms with Gasteiger partial charge in [0.25, 0.3) is 0 Å². The summed E-state index contributed by atoms with van der Waals surface area (Å²) < 4.78 is 0. The van der Waals surface area contributed by atoms with Crippen LogP contribution in [0.1, 0.15) is 25.3 Å². The van der Waals surface area contributed by atoms with E-state index in [1.165, 1.54) is 5.56 Å². The number of hydrogen-bond donors (Lipinski definition) is 3. The van der Waals surface area contributed by atoms with Crippen molar-refractivity contribution in [1.29, 1.82) is 0 Å². The molecule has 1 atom stereocenters. The van der Waals surface area contributed by atoms with E-state index in [0.29, 0.717) is 18.4 Å². The molecule has 0 aromatic heterocycles. The average molecular weight is 235 g/mol.